The quantitative estimate of drug-likeness (QED) is 0.434. The summed E-state index contributed by atoms with van der Waals surface area (Å²) >= 11 is 0. The maximum atomic E-state index is 9.10. The van der Waals surface area contributed by atoms with Gasteiger partial charge in [0.15, 0.2) is 0 Å². The van der Waals surface area contributed by atoms with Crippen LogP contribution in [0.1, 0.15) is 0 Å². The average molecular weight is 294 g/mol. The van der Waals surface area contributed by atoms with E-state index in [4.69, 9.17) is 19.8 Å². The number of hydrogen-bond donors (Lipinski definition) is 2. The van der Waals surface area contributed by atoms with E-state index in [2.05, 4.69) is 0 Å². The van der Waals surface area contributed by atoms with E-state index in [-0.39, 0.29) is 27.3 Å². The van der Waals surface area contributed by atoms with Gasteiger partial charge >= 0.3 is 11.9 Å². The zero-order chi connectivity index (χ0) is 5.15. The average Bonchev–Trinajstić information content (AvgIpc) is 1.36. The molecule has 7 heavy (non-hydrogen) atoms. The molecule has 0 aliphatic carbocycles. The zero-order valence-corrected chi connectivity index (χ0v) is 7.78. The van der Waals surface area contributed by atoms with Crippen LogP contribution in [0.5, 0.6) is 0 Å². The summed E-state index contributed by atoms with van der Waals surface area (Å²) < 4.78 is 0. The molecule has 0 rings (SSSR count). The van der Waals surface area contributed by atoms with Crippen molar-refractivity contribution in [2.75, 3.05) is 0 Å². The number of hydrogen-bond acceptors (Lipinski definition) is 2. The van der Waals surface area contributed by atoms with Crippen molar-refractivity contribution in [3.8, 4) is 0 Å². The van der Waals surface area contributed by atoms with Gasteiger partial charge in [-0.2, -0.15) is 0 Å². The first kappa shape index (κ1) is 9.98. The number of carbonyl (C=O) groups is 2. The van der Waals surface area contributed by atoms with E-state index < -0.39 is 11.9 Å². The second-order valence-electron chi connectivity index (χ2n) is 0.610. The fraction of sp³-hybridized carbons (Fsp3) is 0. The van der Waals surface area contributed by atoms with Gasteiger partial charge < -0.3 is 10.2 Å². The summed E-state index contributed by atoms with van der Waals surface area (Å²) in [5.74, 6) is -3.65. The largest absolute Gasteiger partial charge is 0.473 e. The van der Waals surface area contributed by atoms with Gasteiger partial charge in [-0.1, -0.05) is 0 Å². The van der Waals surface area contributed by atoms with Gasteiger partial charge in [0.05, 0.1) is 0 Å². The van der Waals surface area contributed by atoms with Crippen LogP contribution >= 0.6 is 0 Å². The Balaban J connectivity index is 0. The van der Waals surface area contributed by atoms with E-state index in [1.807, 2.05) is 0 Å². The Kier molecular flexibility index (Phi) is 5.75. The molecule has 37 valence electrons. The zero-order valence-electron chi connectivity index (χ0n) is 3.29. The Bertz CT molecular complexity index is 75.7. The molecule has 0 aliphatic rings. The Morgan fingerprint density at radius 1 is 1.00 bits per heavy atom. The minimum Gasteiger partial charge on any atom is -0.473 e. The van der Waals surface area contributed by atoms with Crippen molar-refractivity contribution < 1.29 is 19.8 Å². The Labute approximate surface area is 59.3 Å². The Morgan fingerprint density at radius 2 is 1.14 bits per heavy atom. The van der Waals surface area contributed by atoms with Crippen LogP contribution in [0.15, 0.2) is 0 Å². The molecule has 0 aromatic heterocycles. The summed E-state index contributed by atoms with van der Waals surface area (Å²) in [6.45, 7) is 0. The fourth-order valence-electron chi connectivity index (χ4n) is 0. The van der Waals surface area contributed by atoms with Gasteiger partial charge in [0.2, 0.25) is 0 Å². The summed E-state index contributed by atoms with van der Waals surface area (Å²) in [4.78, 5) is 18.2. The second-order valence-corrected chi connectivity index (χ2v) is 0.610. The monoisotopic (exact) mass is 295 g/mol. The van der Waals surface area contributed by atoms with Crippen molar-refractivity contribution in [3.63, 3.8) is 0 Å². The normalized spacial score (nSPS) is 6.29. The van der Waals surface area contributed by atoms with Crippen LogP contribution < -0.4 is 0 Å². The molecule has 0 amide bonds. The van der Waals surface area contributed by atoms with Gasteiger partial charge in [0.25, 0.3) is 0 Å². The number of rotatable bonds is 0. The van der Waals surface area contributed by atoms with E-state index in [1.165, 1.54) is 0 Å². The van der Waals surface area contributed by atoms with Gasteiger partial charge in [-0.05, 0) is 0 Å². The summed E-state index contributed by atoms with van der Waals surface area (Å²) in [7, 11) is 0. The van der Waals surface area contributed by atoms with Crippen molar-refractivity contribution in [3.05, 3.63) is 0 Å². The van der Waals surface area contributed by atoms with Crippen molar-refractivity contribution in [2.24, 2.45) is 0 Å². The molecule has 4 nitrogen and oxygen atoms in total. The molecule has 0 aromatic carbocycles. The van der Waals surface area contributed by atoms with Crippen LogP contribution in [0.3, 0.4) is 0 Å². The Hall–Kier alpha value is -0.138. The fourth-order valence-corrected chi connectivity index (χ4v) is 0. The van der Waals surface area contributed by atoms with Gasteiger partial charge in [-0.25, -0.2) is 9.59 Å². The molecular weight excluding hydrogens is 292 g/mol. The van der Waals surface area contributed by atoms with Gasteiger partial charge in [0, 0.05) is 27.3 Å². The smallest absolute Gasteiger partial charge is 0.414 e. The minimum atomic E-state index is -1.82. The first-order valence-electron chi connectivity index (χ1n) is 1.11. The maximum Gasteiger partial charge on any atom is 0.414 e. The Morgan fingerprint density at radius 3 is 1.14 bits per heavy atom. The third-order valence-electron chi connectivity index (χ3n) is 0.183. The molecule has 0 saturated carbocycles. The van der Waals surface area contributed by atoms with Crippen LogP contribution in [-0.4, -0.2) is 49.5 Å². The van der Waals surface area contributed by atoms with Crippen LogP contribution in [0.25, 0.3) is 0 Å². The van der Waals surface area contributed by atoms with Crippen molar-refractivity contribution in [2.45, 2.75) is 0 Å². The molecule has 0 atom stereocenters. The molecule has 0 spiro atoms. The van der Waals surface area contributed by atoms with Crippen LogP contribution in [0, 0.1) is 0 Å². The number of carboxylic acids is 2. The van der Waals surface area contributed by atoms with Crippen LogP contribution in [0.4, 0.5) is 0 Å². The van der Waals surface area contributed by atoms with E-state index in [1.54, 1.807) is 0 Å². The summed E-state index contributed by atoms with van der Waals surface area (Å²) in [5, 5.41) is 14.8. The minimum absolute atomic E-state index is 0. The SMILES string of the molecule is O=C(O)C(=O)O.[Tl]. The summed E-state index contributed by atoms with van der Waals surface area (Å²) in [5.41, 5.74) is 0. The van der Waals surface area contributed by atoms with E-state index in [0.717, 1.165) is 0 Å². The van der Waals surface area contributed by atoms with Gasteiger partial charge in [-0.3, -0.25) is 0 Å². The second kappa shape index (κ2) is 4.03. The molecule has 0 aliphatic heterocycles. The predicted molar refractivity (Wildman–Crippen MR) is 21.0 cm³/mol. The van der Waals surface area contributed by atoms with Crippen molar-refractivity contribution in [1.29, 1.82) is 0 Å². The van der Waals surface area contributed by atoms with E-state index in [9.17, 15) is 0 Å². The van der Waals surface area contributed by atoms with Crippen molar-refractivity contribution in [1.82, 2.24) is 0 Å². The molecule has 0 bridgehead atoms. The molecule has 0 unspecified atom stereocenters. The first-order chi connectivity index (χ1) is 2.64. The molecule has 0 aromatic rings. The maximum absolute atomic E-state index is 9.10. The molecule has 5 heteroatoms. The predicted octanol–water partition coefficient (Wildman–Crippen LogP) is -1.23. The first-order valence-corrected chi connectivity index (χ1v) is 1.11. The molecule has 0 fully saturated rings. The van der Waals surface area contributed by atoms with Crippen LogP contribution in [-0.2, 0) is 9.59 Å². The third-order valence-corrected chi connectivity index (χ3v) is 0.183. The molecule has 2 N–H and O–H groups in total. The van der Waals surface area contributed by atoms with E-state index >= 15 is 0 Å². The molecule has 0 heterocycles. The summed E-state index contributed by atoms with van der Waals surface area (Å²) in [6, 6.07) is 0. The van der Waals surface area contributed by atoms with Gasteiger partial charge in [0.1, 0.15) is 0 Å². The topological polar surface area (TPSA) is 74.6 Å². The van der Waals surface area contributed by atoms with Gasteiger partial charge in [-0.15, -0.1) is 0 Å². The molecule has 0 saturated heterocycles. The standard InChI is InChI=1S/C2H2O4.Tl/c3-1(4)2(5)6;/h(H,3,4)(H,5,6);. The molecular formula is C2H2O4Tl. The van der Waals surface area contributed by atoms with E-state index in [0.29, 0.717) is 0 Å². The van der Waals surface area contributed by atoms with Crippen molar-refractivity contribution >= 4 is 39.2 Å². The third kappa shape index (κ3) is 5.86. The van der Waals surface area contributed by atoms with Crippen LogP contribution in [0.2, 0.25) is 0 Å². The molecule has 1 radical (unpaired) electrons. The number of aliphatic carboxylic acids is 2. The number of carboxylic acid groups (broad SMARTS) is 2. The summed E-state index contributed by atoms with van der Waals surface area (Å²) in [6.07, 6.45) is 0.